The molecule has 4 N–H and O–H groups in total. The van der Waals surface area contributed by atoms with Crippen LogP contribution in [0.25, 0.3) is 0 Å². The first-order valence-corrected chi connectivity index (χ1v) is 7.01. The van der Waals surface area contributed by atoms with Crippen LogP contribution in [-0.2, 0) is 4.79 Å². The zero-order chi connectivity index (χ0) is 14.4. The Hall–Kier alpha value is -1.14. The summed E-state index contributed by atoms with van der Waals surface area (Å²) in [5.74, 6) is -0.261. The van der Waals surface area contributed by atoms with Crippen LogP contribution in [-0.4, -0.2) is 48.6 Å². The fraction of sp³-hybridized carbons (Fsp3) is 0.846. The number of nitrogens with two attached hydrogens (primary N) is 1. The van der Waals surface area contributed by atoms with E-state index in [1.54, 1.807) is 0 Å². The molecule has 0 saturated heterocycles. The summed E-state index contributed by atoms with van der Waals surface area (Å²) in [5.41, 5.74) is 5.88. The van der Waals surface area contributed by atoms with Gasteiger partial charge in [-0.3, -0.25) is 15.0 Å². The minimum absolute atomic E-state index is 0.261. The van der Waals surface area contributed by atoms with E-state index in [4.69, 9.17) is 5.73 Å². The van der Waals surface area contributed by atoms with Gasteiger partial charge in [0.25, 0.3) is 0 Å². The SMILES string of the molecule is CCNC(=O)NC(=O)C(C)N(C)C1CCC(N)CC1. The van der Waals surface area contributed by atoms with Crippen molar-refractivity contribution in [1.82, 2.24) is 15.5 Å². The fourth-order valence-corrected chi connectivity index (χ4v) is 2.43. The van der Waals surface area contributed by atoms with Crippen LogP contribution in [0.3, 0.4) is 0 Å². The molecule has 0 aromatic rings. The van der Waals surface area contributed by atoms with Crippen molar-refractivity contribution in [3.8, 4) is 0 Å². The molecule has 0 spiro atoms. The lowest BCUT2D eigenvalue weighted by Crippen LogP contribution is -2.52. The number of urea groups is 1. The third kappa shape index (κ3) is 4.80. The Morgan fingerprint density at radius 3 is 2.42 bits per heavy atom. The van der Waals surface area contributed by atoms with E-state index in [9.17, 15) is 9.59 Å². The predicted octanol–water partition coefficient (Wildman–Crippen LogP) is 0.422. The molecule has 0 heterocycles. The predicted molar refractivity (Wildman–Crippen MR) is 74.7 cm³/mol. The molecule has 110 valence electrons. The normalized spacial score (nSPS) is 24.9. The molecule has 1 atom stereocenters. The number of rotatable bonds is 4. The van der Waals surface area contributed by atoms with Crippen LogP contribution in [0.2, 0.25) is 0 Å². The molecule has 1 rings (SSSR count). The average Bonchev–Trinajstić information content (AvgIpc) is 2.38. The molecular formula is C13H26N4O2. The zero-order valence-electron chi connectivity index (χ0n) is 12.1. The van der Waals surface area contributed by atoms with Gasteiger partial charge in [-0.15, -0.1) is 0 Å². The Bertz CT molecular complexity index is 314. The second-order valence-corrected chi connectivity index (χ2v) is 5.26. The van der Waals surface area contributed by atoms with Gasteiger partial charge in [-0.2, -0.15) is 0 Å². The Labute approximate surface area is 115 Å². The van der Waals surface area contributed by atoms with E-state index in [2.05, 4.69) is 10.6 Å². The maximum atomic E-state index is 11.9. The number of hydrogen-bond donors (Lipinski definition) is 3. The summed E-state index contributed by atoms with van der Waals surface area (Å²) in [6.07, 6.45) is 4.02. The van der Waals surface area contributed by atoms with Gasteiger partial charge in [-0.1, -0.05) is 0 Å². The van der Waals surface area contributed by atoms with Gasteiger partial charge in [0.15, 0.2) is 0 Å². The molecule has 0 bridgehead atoms. The number of likely N-dealkylation sites (N-methyl/N-ethyl adjacent to an activating group) is 1. The Morgan fingerprint density at radius 1 is 1.32 bits per heavy atom. The third-order valence-corrected chi connectivity index (χ3v) is 3.88. The maximum absolute atomic E-state index is 11.9. The average molecular weight is 270 g/mol. The summed E-state index contributed by atoms with van der Waals surface area (Å²) in [7, 11) is 1.93. The summed E-state index contributed by atoms with van der Waals surface area (Å²) in [6, 6.07) is -0.0840. The van der Waals surface area contributed by atoms with Crippen molar-refractivity contribution in [2.75, 3.05) is 13.6 Å². The molecule has 6 heteroatoms. The van der Waals surface area contributed by atoms with E-state index in [1.807, 2.05) is 25.8 Å². The van der Waals surface area contributed by atoms with Gasteiger partial charge < -0.3 is 11.1 Å². The van der Waals surface area contributed by atoms with E-state index in [1.165, 1.54) is 0 Å². The first-order valence-electron chi connectivity index (χ1n) is 7.01. The molecular weight excluding hydrogens is 244 g/mol. The topological polar surface area (TPSA) is 87.5 Å². The van der Waals surface area contributed by atoms with Crippen LogP contribution < -0.4 is 16.4 Å². The summed E-state index contributed by atoms with van der Waals surface area (Å²) in [4.78, 5) is 25.3. The molecule has 1 fully saturated rings. The van der Waals surface area contributed by atoms with Gasteiger partial charge in [-0.25, -0.2) is 4.79 Å². The van der Waals surface area contributed by atoms with Crippen molar-refractivity contribution in [3.05, 3.63) is 0 Å². The lowest BCUT2D eigenvalue weighted by atomic mass is 9.90. The van der Waals surface area contributed by atoms with Crippen molar-refractivity contribution < 1.29 is 9.59 Å². The molecule has 1 saturated carbocycles. The fourth-order valence-electron chi connectivity index (χ4n) is 2.43. The van der Waals surface area contributed by atoms with Gasteiger partial charge in [-0.05, 0) is 46.6 Å². The van der Waals surface area contributed by atoms with E-state index >= 15 is 0 Å². The molecule has 1 unspecified atom stereocenters. The van der Waals surface area contributed by atoms with Crippen LogP contribution in [0.4, 0.5) is 4.79 Å². The van der Waals surface area contributed by atoms with Gasteiger partial charge in [0.05, 0.1) is 6.04 Å². The first-order chi connectivity index (χ1) is 8.95. The first kappa shape index (κ1) is 15.9. The molecule has 0 aromatic heterocycles. The number of amides is 3. The zero-order valence-corrected chi connectivity index (χ0v) is 12.1. The van der Waals surface area contributed by atoms with Gasteiger partial charge in [0.1, 0.15) is 0 Å². The third-order valence-electron chi connectivity index (χ3n) is 3.88. The van der Waals surface area contributed by atoms with Crippen molar-refractivity contribution in [3.63, 3.8) is 0 Å². The molecule has 0 radical (unpaired) electrons. The van der Waals surface area contributed by atoms with Crippen molar-refractivity contribution in [2.24, 2.45) is 5.73 Å². The Morgan fingerprint density at radius 2 is 1.89 bits per heavy atom. The number of imide groups is 1. The number of nitrogens with zero attached hydrogens (tertiary/aromatic N) is 1. The van der Waals surface area contributed by atoms with Crippen LogP contribution in [0.5, 0.6) is 0 Å². The number of hydrogen-bond acceptors (Lipinski definition) is 4. The number of carbonyl (C=O) groups is 2. The van der Waals surface area contributed by atoms with Gasteiger partial charge >= 0.3 is 6.03 Å². The van der Waals surface area contributed by atoms with Crippen molar-refractivity contribution in [1.29, 1.82) is 0 Å². The van der Waals surface area contributed by atoms with E-state index in [0.29, 0.717) is 18.6 Å². The van der Waals surface area contributed by atoms with Gasteiger partial charge in [0.2, 0.25) is 5.91 Å². The Kier molecular flexibility index (Phi) is 6.24. The molecule has 1 aliphatic carbocycles. The van der Waals surface area contributed by atoms with Crippen molar-refractivity contribution in [2.45, 2.75) is 57.7 Å². The maximum Gasteiger partial charge on any atom is 0.321 e. The van der Waals surface area contributed by atoms with Crippen molar-refractivity contribution >= 4 is 11.9 Å². The quantitative estimate of drug-likeness (QED) is 0.691. The minimum atomic E-state index is -0.432. The molecule has 0 aromatic carbocycles. The molecule has 1 aliphatic rings. The monoisotopic (exact) mass is 270 g/mol. The Balaban J connectivity index is 2.44. The largest absolute Gasteiger partial charge is 0.338 e. The smallest absolute Gasteiger partial charge is 0.321 e. The summed E-state index contributed by atoms with van der Waals surface area (Å²) < 4.78 is 0. The second-order valence-electron chi connectivity index (χ2n) is 5.26. The van der Waals surface area contributed by atoms with E-state index in [0.717, 1.165) is 25.7 Å². The molecule has 19 heavy (non-hydrogen) atoms. The van der Waals surface area contributed by atoms with Crippen LogP contribution in [0, 0.1) is 0 Å². The lowest BCUT2D eigenvalue weighted by molar-refractivity contribution is -0.125. The highest BCUT2D eigenvalue weighted by atomic mass is 16.2. The van der Waals surface area contributed by atoms with Crippen LogP contribution >= 0.6 is 0 Å². The lowest BCUT2D eigenvalue weighted by Gasteiger charge is -2.36. The highest BCUT2D eigenvalue weighted by Crippen LogP contribution is 2.22. The number of carbonyl (C=O) groups excluding carboxylic acids is 2. The van der Waals surface area contributed by atoms with E-state index < -0.39 is 6.03 Å². The van der Waals surface area contributed by atoms with Crippen LogP contribution in [0.15, 0.2) is 0 Å². The molecule has 3 amide bonds. The summed E-state index contributed by atoms with van der Waals surface area (Å²) in [6.45, 7) is 4.14. The summed E-state index contributed by atoms with van der Waals surface area (Å²) in [5, 5.41) is 4.90. The minimum Gasteiger partial charge on any atom is -0.338 e. The highest BCUT2D eigenvalue weighted by molar-refractivity contribution is 5.96. The standard InChI is InChI=1S/C13H26N4O2/c1-4-15-13(19)16-12(18)9(2)17(3)11-7-5-10(14)6-8-11/h9-11H,4-8,14H2,1-3H3,(H2,15,16,18,19). The molecule has 0 aliphatic heterocycles. The highest BCUT2D eigenvalue weighted by Gasteiger charge is 2.28. The number of nitrogens with one attached hydrogen (secondary N) is 2. The molecule has 6 nitrogen and oxygen atoms in total. The van der Waals surface area contributed by atoms with E-state index in [-0.39, 0.29) is 11.9 Å². The van der Waals surface area contributed by atoms with Crippen LogP contribution in [0.1, 0.15) is 39.5 Å². The second kappa shape index (κ2) is 7.45. The van der Waals surface area contributed by atoms with Gasteiger partial charge in [0, 0.05) is 18.6 Å². The summed E-state index contributed by atoms with van der Waals surface area (Å²) >= 11 is 0.